The highest BCUT2D eigenvalue weighted by Crippen LogP contribution is 2.31. The Balaban J connectivity index is 1.84. The van der Waals surface area contributed by atoms with Crippen LogP contribution in [-0.4, -0.2) is 17.1 Å². The van der Waals surface area contributed by atoms with Gasteiger partial charge in [-0.05, 0) is 35.1 Å². The molecule has 0 bridgehead atoms. The van der Waals surface area contributed by atoms with Gasteiger partial charge >= 0.3 is 0 Å². The third-order valence-electron chi connectivity index (χ3n) is 3.56. The molecule has 0 fully saturated rings. The van der Waals surface area contributed by atoms with Crippen molar-refractivity contribution in [2.75, 3.05) is 0 Å². The lowest BCUT2D eigenvalue weighted by atomic mass is 10.1. The Bertz CT molecular complexity index is 620. The average Bonchev–Trinajstić information content (AvgIpc) is 2.94. The van der Waals surface area contributed by atoms with Gasteiger partial charge in [-0.2, -0.15) is 0 Å². The highest BCUT2D eigenvalue weighted by molar-refractivity contribution is 7.12. The van der Waals surface area contributed by atoms with Crippen LogP contribution in [0.3, 0.4) is 0 Å². The summed E-state index contributed by atoms with van der Waals surface area (Å²) in [4.78, 5) is 12.9. The Kier molecular flexibility index (Phi) is 3.12. The third kappa shape index (κ3) is 2.17. The van der Waals surface area contributed by atoms with E-state index in [4.69, 9.17) is 0 Å². The Labute approximate surface area is 115 Å². The SMILES string of the molecule is Cc1ccsc1C(=O)N[C@H]1c2ccccc2C[C@H]1O. The first kappa shape index (κ1) is 12.4. The van der Waals surface area contributed by atoms with E-state index in [0.717, 1.165) is 21.6 Å². The number of fused-ring (bicyclic) bond motifs is 1. The van der Waals surface area contributed by atoms with Gasteiger partial charge in [0.1, 0.15) is 0 Å². The van der Waals surface area contributed by atoms with Gasteiger partial charge < -0.3 is 10.4 Å². The van der Waals surface area contributed by atoms with Crippen molar-refractivity contribution in [1.82, 2.24) is 5.32 Å². The number of aryl methyl sites for hydroxylation is 1. The quantitative estimate of drug-likeness (QED) is 0.883. The zero-order valence-corrected chi connectivity index (χ0v) is 11.4. The van der Waals surface area contributed by atoms with Crippen molar-refractivity contribution in [3.05, 3.63) is 57.3 Å². The lowest BCUT2D eigenvalue weighted by molar-refractivity contribution is 0.0861. The van der Waals surface area contributed by atoms with Crippen molar-refractivity contribution in [1.29, 1.82) is 0 Å². The van der Waals surface area contributed by atoms with Crippen LogP contribution in [0.15, 0.2) is 35.7 Å². The second-order valence-corrected chi connectivity index (χ2v) is 5.77. The van der Waals surface area contributed by atoms with E-state index >= 15 is 0 Å². The summed E-state index contributed by atoms with van der Waals surface area (Å²) < 4.78 is 0. The number of hydrogen-bond acceptors (Lipinski definition) is 3. The summed E-state index contributed by atoms with van der Waals surface area (Å²) in [5.74, 6) is -0.103. The van der Waals surface area contributed by atoms with Gasteiger partial charge in [-0.15, -0.1) is 11.3 Å². The lowest BCUT2D eigenvalue weighted by Gasteiger charge is -2.17. The molecule has 0 spiro atoms. The molecule has 0 saturated carbocycles. The maximum atomic E-state index is 12.2. The number of nitrogens with one attached hydrogen (secondary N) is 1. The predicted octanol–water partition coefficient (Wildman–Crippen LogP) is 2.44. The molecule has 98 valence electrons. The molecule has 3 rings (SSSR count). The molecule has 1 amide bonds. The molecule has 0 saturated heterocycles. The number of thiophene rings is 1. The molecule has 19 heavy (non-hydrogen) atoms. The van der Waals surface area contributed by atoms with Crippen molar-refractivity contribution in [3.8, 4) is 0 Å². The van der Waals surface area contributed by atoms with Crippen LogP contribution in [0.1, 0.15) is 32.4 Å². The van der Waals surface area contributed by atoms with Gasteiger partial charge in [-0.1, -0.05) is 24.3 Å². The first-order chi connectivity index (χ1) is 9.16. The summed E-state index contributed by atoms with van der Waals surface area (Å²) in [5, 5.41) is 15.0. The van der Waals surface area contributed by atoms with Crippen molar-refractivity contribution >= 4 is 17.2 Å². The van der Waals surface area contributed by atoms with Crippen LogP contribution in [-0.2, 0) is 6.42 Å². The fourth-order valence-corrected chi connectivity index (χ4v) is 3.39. The highest BCUT2D eigenvalue weighted by Gasteiger charge is 2.32. The van der Waals surface area contributed by atoms with Gasteiger partial charge in [0.2, 0.25) is 0 Å². The molecule has 1 aliphatic carbocycles. The van der Waals surface area contributed by atoms with E-state index in [1.165, 1.54) is 11.3 Å². The minimum absolute atomic E-state index is 0.103. The van der Waals surface area contributed by atoms with E-state index in [2.05, 4.69) is 5.32 Å². The predicted molar refractivity (Wildman–Crippen MR) is 75.4 cm³/mol. The van der Waals surface area contributed by atoms with Gasteiger partial charge in [-0.3, -0.25) is 4.79 Å². The second-order valence-electron chi connectivity index (χ2n) is 4.85. The number of benzene rings is 1. The minimum atomic E-state index is -0.540. The maximum absolute atomic E-state index is 12.2. The fraction of sp³-hybridized carbons (Fsp3) is 0.267. The Morgan fingerprint density at radius 3 is 2.89 bits per heavy atom. The smallest absolute Gasteiger partial charge is 0.262 e. The summed E-state index contributed by atoms with van der Waals surface area (Å²) in [5.41, 5.74) is 3.11. The number of carbonyl (C=O) groups excluding carboxylic acids is 1. The van der Waals surface area contributed by atoms with Crippen LogP contribution in [0.2, 0.25) is 0 Å². The third-order valence-corrected chi connectivity index (χ3v) is 4.57. The summed E-state index contributed by atoms with van der Waals surface area (Å²) in [6.07, 6.45) is 0.0616. The molecule has 2 atom stereocenters. The van der Waals surface area contributed by atoms with Crippen LogP contribution in [0.4, 0.5) is 0 Å². The molecule has 1 aromatic heterocycles. The van der Waals surface area contributed by atoms with Gasteiger partial charge in [-0.25, -0.2) is 0 Å². The Morgan fingerprint density at radius 2 is 2.16 bits per heavy atom. The average molecular weight is 273 g/mol. The summed E-state index contributed by atoms with van der Waals surface area (Å²) in [6.45, 7) is 1.92. The lowest BCUT2D eigenvalue weighted by Crippen LogP contribution is -2.33. The largest absolute Gasteiger partial charge is 0.390 e. The maximum Gasteiger partial charge on any atom is 0.262 e. The van der Waals surface area contributed by atoms with E-state index in [1.54, 1.807) is 0 Å². The van der Waals surface area contributed by atoms with Crippen molar-refractivity contribution < 1.29 is 9.90 Å². The first-order valence-electron chi connectivity index (χ1n) is 6.27. The molecular formula is C15H15NO2S. The molecule has 4 heteroatoms. The molecule has 2 aromatic rings. The molecule has 1 heterocycles. The topological polar surface area (TPSA) is 49.3 Å². The molecule has 0 unspecified atom stereocenters. The van der Waals surface area contributed by atoms with Crippen LogP contribution in [0, 0.1) is 6.92 Å². The highest BCUT2D eigenvalue weighted by atomic mass is 32.1. The van der Waals surface area contributed by atoms with Crippen LogP contribution in [0.25, 0.3) is 0 Å². The molecule has 0 radical (unpaired) electrons. The molecule has 0 aliphatic heterocycles. The first-order valence-corrected chi connectivity index (χ1v) is 7.15. The number of aliphatic hydroxyl groups excluding tert-OH is 1. The van der Waals surface area contributed by atoms with Crippen LogP contribution < -0.4 is 5.32 Å². The van der Waals surface area contributed by atoms with E-state index in [-0.39, 0.29) is 11.9 Å². The van der Waals surface area contributed by atoms with E-state index in [9.17, 15) is 9.90 Å². The van der Waals surface area contributed by atoms with Crippen LogP contribution in [0.5, 0.6) is 0 Å². The molecule has 1 aliphatic rings. The van der Waals surface area contributed by atoms with Crippen molar-refractivity contribution in [2.24, 2.45) is 0 Å². The number of amides is 1. The number of hydrogen-bond donors (Lipinski definition) is 2. The zero-order valence-electron chi connectivity index (χ0n) is 10.6. The number of carbonyl (C=O) groups is 1. The molecule has 3 nitrogen and oxygen atoms in total. The Morgan fingerprint density at radius 1 is 1.37 bits per heavy atom. The fourth-order valence-electron chi connectivity index (χ4n) is 2.56. The number of rotatable bonds is 2. The van der Waals surface area contributed by atoms with Crippen molar-refractivity contribution in [3.63, 3.8) is 0 Å². The standard InChI is InChI=1S/C15H15NO2S/c1-9-6-7-19-14(9)15(18)16-13-11-5-3-2-4-10(11)8-12(13)17/h2-7,12-13,17H,8H2,1H3,(H,16,18)/t12-,13+/m1/s1. The van der Waals surface area contributed by atoms with E-state index in [1.807, 2.05) is 42.6 Å². The van der Waals surface area contributed by atoms with E-state index in [0.29, 0.717) is 6.42 Å². The van der Waals surface area contributed by atoms with Crippen molar-refractivity contribution in [2.45, 2.75) is 25.5 Å². The normalized spacial score (nSPS) is 21.2. The second kappa shape index (κ2) is 4.79. The van der Waals surface area contributed by atoms with Gasteiger partial charge in [0.25, 0.3) is 5.91 Å². The monoisotopic (exact) mass is 273 g/mol. The molecule has 1 aromatic carbocycles. The van der Waals surface area contributed by atoms with Gasteiger partial charge in [0.15, 0.2) is 0 Å². The summed E-state index contributed by atoms with van der Waals surface area (Å²) in [6, 6.07) is 9.49. The summed E-state index contributed by atoms with van der Waals surface area (Å²) >= 11 is 1.43. The van der Waals surface area contributed by atoms with E-state index < -0.39 is 6.10 Å². The number of aliphatic hydroxyl groups is 1. The Hall–Kier alpha value is -1.65. The minimum Gasteiger partial charge on any atom is -0.390 e. The van der Waals surface area contributed by atoms with Crippen LogP contribution >= 0.6 is 11.3 Å². The zero-order chi connectivity index (χ0) is 13.4. The summed E-state index contributed by atoms with van der Waals surface area (Å²) in [7, 11) is 0. The molecule has 2 N–H and O–H groups in total. The molecular weight excluding hydrogens is 258 g/mol. The van der Waals surface area contributed by atoms with Gasteiger partial charge in [0.05, 0.1) is 17.0 Å². The van der Waals surface area contributed by atoms with Gasteiger partial charge in [0, 0.05) is 6.42 Å².